The third-order valence-corrected chi connectivity index (χ3v) is 12.8. The van der Waals surface area contributed by atoms with E-state index in [-0.39, 0.29) is 30.2 Å². The highest BCUT2D eigenvalue weighted by molar-refractivity contribution is 7.90. The molecule has 0 saturated heterocycles. The van der Waals surface area contributed by atoms with Gasteiger partial charge >= 0.3 is 5.97 Å². The van der Waals surface area contributed by atoms with Crippen molar-refractivity contribution in [3.05, 3.63) is 88.9 Å². The number of unbranched alkanes of at least 4 members (excludes halogenated alkanes) is 2. The van der Waals surface area contributed by atoms with Gasteiger partial charge in [0.2, 0.25) is 10.0 Å². The first-order valence-corrected chi connectivity index (χ1v) is 21.3. The molecule has 0 unspecified atom stereocenters. The molecule has 2 aliphatic rings. The molecule has 7 rings (SSSR count). The van der Waals surface area contributed by atoms with Crippen molar-refractivity contribution < 1.29 is 27.9 Å². The average molecular weight is 784 g/mol. The molecule has 1 fully saturated rings. The summed E-state index contributed by atoms with van der Waals surface area (Å²) in [5.41, 5.74) is 5.21. The molecule has 3 N–H and O–H groups in total. The van der Waals surface area contributed by atoms with Gasteiger partial charge in [0.15, 0.2) is 5.13 Å². The number of carboxylic acid groups (broad SMARTS) is 1. The molecule has 55 heavy (non-hydrogen) atoms. The lowest BCUT2D eigenvalue weighted by molar-refractivity contribution is -0.137. The summed E-state index contributed by atoms with van der Waals surface area (Å²) in [7, 11) is -4.05. The lowest BCUT2D eigenvalue weighted by atomic mass is 9.89. The molecule has 3 aromatic heterocycles. The van der Waals surface area contributed by atoms with Gasteiger partial charge in [-0.2, -0.15) is 5.10 Å². The minimum Gasteiger partial charge on any atom is -0.481 e. The quantitative estimate of drug-likeness (QED) is 0.0998. The number of carboxylic acids is 1. The number of thiazole rings is 1. The SMILES string of the molecule is Cc1c(-c2ccc(N3CCc4cccc(C(=O)Nc5nc6ccccc6s5)c4C3)nc2C(=O)NS(=O)(=O)CCCCCC(=O)O)cnn1CC1CCCCC1. The number of sulfonamides is 1. The molecule has 0 spiro atoms. The summed E-state index contributed by atoms with van der Waals surface area (Å²) in [5.74, 6) is -1.38. The van der Waals surface area contributed by atoms with Gasteiger partial charge in [-0.05, 0) is 86.4 Å². The number of benzene rings is 2. The van der Waals surface area contributed by atoms with Crippen LogP contribution >= 0.6 is 11.3 Å². The number of rotatable bonds is 14. The fourth-order valence-electron chi connectivity index (χ4n) is 7.59. The van der Waals surface area contributed by atoms with Gasteiger partial charge in [-0.1, -0.05) is 61.3 Å². The van der Waals surface area contributed by atoms with Gasteiger partial charge in [-0.3, -0.25) is 24.4 Å². The maximum absolute atomic E-state index is 13.9. The highest BCUT2D eigenvalue weighted by Gasteiger charge is 2.28. The predicted molar refractivity (Wildman–Crippen MR) is 213 cm³/mol. The minimum absolute atomic E-state index is 0.0417. The van der Waals surface area contributed by atoms with Crippen molar-refractivity contribution in [3.63, 3.8) is 0 Å². The van der Waals surface area contributed by atoms with Crippen LogP contribution in [0.15, 0.2) is 60.8 Å². The summed E-state index contributed by atoms with van der Waals surface area (Å²) in [6, 6.07) is 17.0. The van der Waals surface area contributed by atoms with Gasteiger partial charge in [-0.15, -0.1) is 0 Å². The monoisotopic (exact) mass is 783 g/mol. The number of nitrogens with zero attached hydrogens (tertiary/aromatic N) is 5. The number of pyridine rings is 1. The van der Waals surface area contributed by atoms with Gasteiger partial charge in [0.1, 0.15) is 11.5 Å². The Kier molecular flexibility index (Phi) is 11.6. The molecule has 1 aliphatic carbocycles. The second-order valence-corrected chi connectivity index (χ2v) is 17.3. The Hall–Kier alpha value is -5.15. The van der Waals surface area contributed by atoms with E-state index in [4.69, 9.17) is 10.1 Å². The first-order valence-electron chi connectivity index (χ1n) is 18.9. The van der Waals surface area contributed by atoms with E-state index in [9.17, 15) is 22.8 Å². The van der Waals surface area contributed by atoms with Crippen molar-refractivity contribution in [1.82, 2.24) is 24.5 Å². The number of hydrogen-bond donors (Lipinski definition) is 3. The standard InChI is InChI=1S/C40H45N7O6S2/c1-26-31(23-41-47(26)24-27-11-4-2-5-12-27)29-18-19-35(43-37(29)39(51)45-55(52,53)22-9-3-6-17-36(48)49)46-21-20-28-13-10-14-30(32(28)25-46)38(50)44-40-42-33-15-7-8-16-34(33)54-40/h7-8,10,13-16,18-19,23,27H,2-6,9,11-12,17,20-22,24-25H2,1H3,(H,45,51)(H,48,49)(H,42,44,50). The number of amides is 2. The molecular formula is C40H45N7O6S2. The number of carbonyl (C=O) groups excluding carboxylic acids is 2. The van der Waals surface area contributed by atoms with Crippen molar-refractivity contribution in [1.29, 1.82) is 0 Å². The van der Waals surface area contributed by atoms with Crippen LogP contribution < -0.4 is 14.9 Å². The summed E-state index contributed by atoms with van der Waals surface area (Å²) < 4.78 is 31.4. The van der Waals surface area contributed by atoms with E-state index in [1.165, 1.54) is 30.6 Å². The second-order valence-electron chi connectivity index (χ2n) is 14.4. The fraction of sp³-hybridized carbons (Fsp3) is 0.400. The molecule has 13 nitrogen and oxygen atoms in total. The number of aromatic nitrogens is 4. The second kappa shape index (κ2) is 16.7. The van der Waals surface area contributed by atoms with Crippen molar-refractivity contribution >= 4 is 60.3 Å². The van der Waals surface area contributed by atoms with E-state index >= 15 is 0 Å². The van der Waals surface area contributed by atoms with E-state index in [0.29, 0.717) is 65.9 Å². The highest BCUT2D eigenvalue weighted by atomic mass is 32.2. The first kappa shape index (κ1) is 38.1. The van der Waals surface area contributed by atoms with Gasteiger partial charge in [0.05, 0.1) is 22.2 Å². The van der Waals surface area contributed by atoms with Crippen LogP contribution in [0.1, 0.15) is 95.5 Å². The number of nitrogens with one attached hydrogen (secondary N) is 2. The molecule has 15 heteroatoms. The number of para-hydroxylation sites is 1. The van der Waals surface area contributed by atoms with Crippen LogP contribution in [0.4, 0.5) is 10.9 Å². The van der Waals surface area contributed by atoms with Crippen LogP contribution in [0.3, 0.4) is 0 Å². The zero-order chi connectivity index (χ0) is 38.5. The van der Waals surface area contributed by atoms with Crippen molar-refractivity contribution in [3.8, 4) is 11.1 Å². The molecule has 2 amide bonds. The Morgan fingerprint density at radius 1 is 0.927 bits per heavy atom. The number of aliphatic carboxylic acids is 1. The normalized spacial score (nSPS) is 14.8. The molecule has 0 atom stereocenters. The van der Waals surface area contributed by atoms with Gasteiger partial charge in [-0.25, -0.2) is 23.1 Å². The van der Waals surface area contributed by atoms with E-state index in [1.807, 2.05) is 59.0 Å². The topological polar surface area (TPSA) is 176 Å². The summed E-state index contributed by atoms with van der Waals surface area (Å²) in [4.78, 5) is 49.9. The van der Waals surface area contributed by atoms with Crippen LogP contribution in [-0.4, -0.2) is 63.4 Å². The number of hydrogen-bond acceptors (Lipinski definition) is 10. The zero-order valence-corrected chi connectivity index (χ0v) is 32.4. The minimum atomic E-state index is -4.05. The Morgan fingerprint density at radius 2 is 1.75 bits per heavy atom. The Balaban J connectivity index is 1.15. The van der Waals surface area contributed by atoms with E-state index in [1.54, 1.807) is 18.3 Å². The van der Waals surface area contributed by atoms with Crippen LogP contribution in [0.2, 0.25) is 0 Å². The van der Waals surface area contributed by atoms with E-state index in [2.05, 4.69) is 20.1 Å². The van der Waals surface area contributed by atoms with Gasteiger partial charge in [0.25, 0.3) is 11.8 Å². The molecule has 288 valence electrons. The molecule has 5 aromatic rings. The van der Waals surface area contributed by atoms with Gasteiger partial charge in [0, 0.05) is 48.4 Å². The fourth-order valence-corrected chi connectivity index (χ4v) is 9.52. The number of anilines is 2. The molecule has 1 aliphatic heterocycles. The Morgan fingerprint density at radius 3 is 2.55 bits per heavy atom. The van der Waals surface area contributed by atoms with Crippen LogP contribution in [-0.2, 0) is 34.3 Å². The summed E-state index contributed by atoms with van der Waals surface area (Å²) in [6.07, 6.45) is 9.23. The van der Waals surface area contributed by atoms with E-state index in [0.717, 1.165) is 46.4 Å². The van der Waals surface area contributed by atoms with Crippen molar-refractivity contribution in [2.24, 2.45) is 5.92 Å². The molecule has 0 bridgehead atoms. The van der Waals surface area contributed by atoms with E-state index < -0.39 is 21.9 Å². The summed E-state index contributed by atoms with van der Waals surface area (Å²) >= 11 is 1.41. The van der Waals surface area contributed by atoms with Crippen LogP contribution in [0.25, 0.3) is 21.3 Å². The number of carbonyl (C=O) groups is 3. The van der Waals surface area contributed by atoms with Crippen molar-refractivity contribution in [2.45, 2.75) is 84.2 Å². The molecule has 0 radical (unpaired) electrons. The molecular weight excluding hydrogens is 739 g/mol. The lowest BCUT2D eigenvalue weighted by Gasteiger charge is -2.31. The van der Waals surface area contributed by atoms with Crippen molar-refractivity contribution in [2.75, 3.05) is 22.5 Å². The average Bonchev–Trinajstić information content (AvgIpc) is 3.75. The largest absolute Gasteiger partial charge is 0.481 e. The molecule has 1 saturated carbocycles. The Bertz CT molecular complexity index is 2300. The first-order chi connectivity index (χ1) is 26.5. The van der Waals surface area contributed by atoms with Gasteiger partial charge < -0.3 is 10.0 Å². The highest BCUT2D eigenvalue weighted by Crippen LogP contribution is 2.33. The summed E-state index contributed by atoms with van der Waals surface area (Å²) in [6.45, 7) is 3.64. The third kappa shape index (κ3) is 9.05. The predicted octanol–water partition coefficient (Wildman–Crippen LogP) is 6.96. The Labute approximate surface area is 324 Å². The third-order valence-electron chi connectivity index (χ3n) is 10.6. The summed E-state index contributed by atoms with van der Waals surface area (Å²) in [5, 5.41) is 17.1. The van der Waals surface area contributed by atoms with Crippen LogP contribution in [0, 0.1) is 12.8 Å². The maximum Gasteiger partial charge on any atom is 0.303 e. The molecule has 2 aromatic carbocycles. The zero-order valence-electron chi connectivity index (χ0n) is 30.8. The van der Waals surface area contributed by atoms with Crippen LogP contribution in [0.5, 0.6) is 0 Å². The number of fused-ring (bicyclic) bond motifs is 2. The molecule has 4 heterocycles. The maximum atomic E-state index is 13.9. The smallest absolute Gasteiger partial charge is 0.303 e. The lowest BCUT2D eigenvalue weighted by Crippen LogP contribution is -2.35.